The quantitative estimate of drug-likeness (QED) is 0.109. The molecule has 8 heterocycles. The second-order valence-corrected chi connectivity index (χ2v) is 31.0. The van der Waals surface area contributed by atoms with Crippen molar-refractivity contribution in [1.29, 1.82) is 0 Å². The standard InChI is InChI=1S/2C53H32N6S/c1-3-14-35(15-4-1)50-43-31-42(51-52(58-60-57-51)49(43)41-22-7-10-23-44(41)54-50)33-26-28-34(29-27-33)45-32-46(56-53(55-45)36-16-5-2-6-17-36)37-18-13-19-38(30-37)59-47-24-11-8-20-39(47)40-21-9-12-25-48(40)59;1-3-13-36(14-4-1)50-43-31-42(51-52(58-60-57-51)49(43)41-19-7-10-20-44(41)54-50)33-23-25-34(26-24-33)45-32-46(56-53(55-45)37-15-5-2-6-16-37)35-27-29-38(30-28-35)59-47-21-11-8-17-39(47)40-18-9-12-22-48(40)59/h2*1-32H. The van der Waals surface area contributed by atoms with Crippen LogP contribution in [0.1, 0.15) is 0 Å². The van der Waals surface area contributed by atoms with Crippen molar-refractivity contribution in [3.8, 4) is 124 Å². The fourth-order valence-electron chi connectivity index (χ4n) is 17.3. The summed E-state index contributed by atoms with van der Waals surface area (Å²) in [7, 11) is 0. The molecule has 0 atom stereocenters. The molecule has 0 aliphatic rings. The van der Waals surface area contributed by atoms with Gasteiger partial charge in [-0.1, -0.05) is 303 Å². The first-order valence-corrected chi connectivity index (χ1v) is 41.3. The predicted octanol–water partition coefficient (Wildman–Crippen LogP) is 27.2. The van der Waals surface area contributed by atoms with Gasteiger partial charge in [-0.25, -0.2) is 29.9 Å². The number of pyridine rings is 2. The second kappa shape index (κ2) is 29.2. The van der Waals surface area contributed by atoms with Gasteiger partial charge < -0.3 is 9.13 Å². The normalized spacial score (nSPS) is 11.7. The monoisotopic (exact) mass is 1570 g/mol. The smallest absolute Gasteiger partial charge is 0.160 e. The Morgan fingerprint density at radius 3 is 0.900 bits per heavy atom. The van der Waals surface area contributed by atoms with Crippen molar-refractivity contribution in [2.45, 2.75) is 0 Å². The van der Waals surface area contributed by atoms with Crippen LogP contribution in [0, 0.1) is 0 Å². The number of rotatable bonds is 12. The molecule has 12 nitrogen and oxygen atoms in total. The van der Waals surface area contributed by atoms with E-state index < -0.39 is 0 Å². The first-order chi connectivity index (χ1) is 59.5. The Bertz CT molecular complexity index is 8030. The van der Waals surface area contributed by atoms with E-state index in [0.29, 0.717) is 11.6 Å². The minimum Gasteiger partial charge on any atom is -0.309 e. The lowest BCUT2D eigenvalue weighted by Crippen LogP contribution is -1.98. The maximum absolute atomic E-state index is 5.21. The third-order valence-electron chi connectivity index (χ3n) is 23.0. The third-order valence-corrected chi connectivity index (χ3v) is 24.0. The average Bonchev–Trinajstić information content (AvgIpc) is 1.32. The van der Waals surface area contributed by atoms with Crippen molar-refractivity contribution in [1.82, 2.24) is 56.5 Å². The maximum atomic E-state index is 5.21. The summed E-state index contributed by atoms with van der Waals surface area (Å²) in [6, 6.07) is 135. The van der Waals surface area contributed by atoms with E-state index in [1.165, 1.54) is 67.1 Å². The highest BCUT2D eigenvalue weighted by Crippen LogP contribution is 2.46. The van der Waals surface area contributed by atoms with Gasteiger partial charge in [0.15, 0.2) is 11.6 Å². The van der Waals surface area contributed by atoms with E-state index in [1.807, 2.05) is 60.7 Å². The number of nitrogens with zero attached hydrogens (tertiary/aromatic N) is 12. The van der Waals surface area contributed by atoms with Gasteiger partial charge in [0.25, 0.3) is 0 Å². The van der Waals surface area contributed by atoms with E-state index in [-0.39, 0.29) is 0 Å². The van der Waals surface area contributed by atoms with Crippen LogP contribution in [-0.4, -0.2) is 56.5 Å². The van der Waals surface area contributed by atoms with E-state index in [1.54, 1.807) is 0 Å². The minimum atomic E-state index is 0.674. The summed E-state index contributed by atoms with van der Waals surface area (Å²) in [5.41, 5.74) is 29.7. The van der Waals surface area contributed by atoms with Crippen LogP contribution in [0.2, 0.25) is 0 Å². The van der Waals surface area contributed by atoms with Crippen LogP contribution in [-0.2, 0) is 0 Å². The topological polar surface area (TPSA) is 139 Å². The van der Waals surface area contributed by atoms with Gasteiger partial charge >= 0.3 is 0 Å². The molecule has 0 N–H and O–H groups in total. The third kappa shape index (κ3) is 12.1. The highest BCUT2D eigenvalue weighted by Gasteiger charge is 2.24. The summed E-state index contributed by atoms with van der Waals surface area (Å²) in [6.07, 6.45) is 0. The van der Waals surface area contributed by atoms with E-state index in [0.717, 1.165) is 178 Å². The molecule has 24 rings (SSSR count). The molecule has 0 spiro atoms. The summed E-state index contributed by atoms with van der Waals surface area (Å²) in [5.74, 6) is 1.35. The molecular weight excluding hydrogens is 1510 g/mol. The van der Waals surface area contributed by atoms with Crippen LogP contribution in [0.25, 0.3) is 233 Å². The van der Waals surface area contributed by atoms with Crippen LogP contribution in [0.3, 0.4) is 0 Å². The van der Waals surface area contributed by atoms with E-state index in [2.05, 4.69) is 337 Å². The molecule has 0 saturated heterocycles. The Labute approximate surface area is 696 Å². The van der Waals surface area contributed by atoms with Gasteiger partial charge in [-0.2, -0.15) is 17.5 Å². The van der Waals surface area contributed by atoms with Crippen LogP contribution in [0.5, 0.6) is 0 Å². The lowest BCUT2D eigenvalue weighted by molar-refractivity contribution is 1.16. The van der Waals surface area contributed by atoms with Crippen molar-refractivity contribution in [3.63, 3.8) is 0 Å². The molecule has 8 aromatic heterocycles. The van der Waals surface area contributed by atoms with Gasteiger partial charge in [-0.15, -0.1) is 0 Å². The zero-order valence-electron chi connectivity index (χ0n) is 64.1. The molecule has 0 aliphatic heterocycles. The van der Waals surface area contributed by atoms with Crippen molar-refractivity contribution < 1.29 is 0 Å². The molecule has 16 aromatic carbocycles. The summed E-state index contributed by atoms with van der Waals surface area (Å²) < 4.78 is 24.2. The van der Waals surface area contributed by atoms with Gasteiger partial charge in [-0.05, 0) is 96.1 Å². The molecule has 0 amide bonds. The molecule has 0 unspecified atom stereocenters. The van der Waals surface area contributed by atoms with E-state index >= 15 is 0 Å². The lowest BCUT2D eigenvalue weighted by Gasteiger charge is -2.14. The zero-order chi connectivity index (χ0) is 79.1. The van der Waals surface area contributed by atoms with Gasteiger partial charge in [-0.3, -0.25) is 0 Å². The molecule has 560 valence electrons. The summed E-state index contributed by atoms with van der Waals surface area (Å²) in [6.45, 7) is 0. The zero-order valence-corrected chi connectivity index (χ0v) is 65.8. The van der Waals surface area contributed by atoms with Gasteiger partial charge in [0.05, 0.1) is 90.7 Å². The van der Waals surface area contributed by atoms with Crippen molar-refractivity contribution in [3.05, 3.63) is 388 Å². The van der Waals surface area contributed by atoms with Crippen LogP contribution in [0.15, 0.2) is 388 Å². The molecule has 0 radical (unpaired) electrons. The van der Waals surface area contributed by atoms with Crippen molar-refractivity contribution in [2.24, 2.45) is 0 Å². The summed E-state index contributed by atoms with van der Waals surface area (Å²) >= 11 is 2.50. The Hall–Kier alpha value is -15.7. The SMILES string of the molecule is c1ccc(-c2nc(-c3ccc(-c4cc5c(-c6ccccc6)nc6ccccc6c5c5nsnc45)cc3)cc(-c3ccc(-n4c5ccccc5c5ccccc54)cc3)n2)cc1.c1ccc(-c2nc(-c3ccc(-c4cc5c(-c6ccccc6)nc6ccccc6c5c5nsnc45)cc3)cc(-c3cccc(-n4c5ccccc5c5ccccc54)c3)n2)cc1. The van der Waals surface area contributed by atoms with Gasteiger partial charge in [0, 0.05) is 121 Å². The van der Waals surface area contributed by atoms with Crippen molar-refractivity contribution >= 4 is 132 Å². The van der Waals surface area contributed by atoms with E-state index in [4.69, 9.17) is 47.4 Å². The predicted molar refractivity (Wildman–Crippen MR) is 495 cm³/mol. The number of para-hydroxylation sites is 6. The maximum Gasteiger partial charge on any atom is 0.160 e. The highest BCUT2D eigenvalue weighted by atomic mass is 32.1. The molecule has 24 aromatic rings. The Balaban J connectivity index is 0.000000140. The first kappa shape index (κ1) is 69.7. The Morgan fingerprint density at radius 2 is 0.500 bits per heavy atom. The number of fused-ring (bicyclic) bond motifs is 16. The largest absolute Gasteiger partial charge is 0.309 e. The van der Waals surface area contributed by atoms with Gasteiger partial charge in [0.1, 0.15) is 22.1 Å². The second-order valence-electron chi connectivity index (χ2n) is 30.0. The molecule has 14 heteroatoms. The number of benzene rings is 16. The lowest BCUT2D eigenvalue weighted by atomic mass is 9.93. The Morgan fingerprint density at radius 1 is 0.192 bits per heavy atom. The average molecular weight is 1570 g/mol. The van der Waals surface area contributed by atoms with Crippen molar-refractivity contribution in [2.75, 3.05) is 0 Å². The first-order valence-electron chi connectivity index (χ1n) is 39.9. The molecule has 120 heavy (non-hydrogen) atoms. The van der Waals surface area contributed by atoms with Gasteiger partial charge in [0.2, 0.25) is 0 Å². The van der Waals surface area contributed by atoms with E-state index in [9.17, 15) is 0 Å². The summed E-state index contributed by atoms with van der Waals surface area (Å²) in [5, 5.41) is 11.3. The fourth-order valence-corrected chi connectivity index (χ4v) is 18.5. The summed E-state index contributed by atoms with van der Waals surface area (Å²) in [4.78, 5) is 31.0. The molecule has 0 aliphatic carbocycles. The molecule has 0 saturated carbocycles. The number of hydrogen-bond donors (Lipinski definition) is 0. The molecule has 0 bridgehead atoms. The highest BCUT2D eigenvalue weighted by molar-refractivity contribution is 7.00. The minimum absolute atomic E-state index is 0.674. The number of aromatic nitrogens is 12. The fraction of sp³-hybridized carbons (Fsp3) is 0. The van der Waals surface area contributed by atoms with Crippen LogP contribution in [0.4, 0.5) is 0 Å². The Kier molecular flexibility index (Phi) is 17.0. The number of hydrogen-bond acceptors (Lipinski definition) is 12. The molecular formula is C106H64N12S2. The van der Waals surface area contributed by atoms with Crippen LogP contribution >= 0.6 is 23.5 Å². The van der Waals surface area contributed by atoms with Crippen LogP contribution < -0.4 is 0 Å². The molecule has 0 fully saturated rings.